The summed E-state index contributed by atoms with van der Waals surface area (Å²) in [7, 11) is 0. The number of aliphatic hydroxyl groups excluding tert-OH is 2. The molecule has 194 valence electrons. The first kappa shape index (κ1) is 29.7. The van der Waals surface area contributed by atoms with Gasteiger partial charge in [0.25, 0.3) is 0 Å². The Labute approximate surface area is 217 Å². The number of hydrogen-bond acceptors (Lipinski definition) is 4. The van der Waals surface area contributed by atoms with Gasteiger partial charge in [0.15, 0.2) is 0 Å². The molecule has 1 aromatic rings. The average Bonchev–Trinajstić information content (AvgIpc) is 3.16. The number of rotatable bonds is 16. The molecule has 2 N–H and O–H groups in total. The van der Waals surface area contributed by atoms with Crippen LogP contribution >= 0.6 is 31.9 Å². The molecule has 0 radical (unpaired) electrons. The highest BCUT2D eigenvalue weighted by Crippen LogP contribution is 2.37. The molecule has 0 aliphatic carbocycles. The Balaban J connectivity index is 2.21. The fourth-order valence-corrected chi connectivity index (χ4v) is 5.74. The number of benzene rings is 1. The molecule has 2 rings (SSSR count). The average molecular weight is 614 g/mol. The minimum Gasteiger partial charge on any atom is -0.396 e. The fraction of sp³-hybridized carbons (Fsp3) is 0.760. The van der Waals surface area contributed by atoms with Crippen LogP contribution in [0.4, 0.5) is 13.2 Å². The lowest BCUT2D eigenvalue weighted by molar-refractivity contribution is -0.177. The van der Waals surface area contributed by atoms with Gasteiger partial charge in [0.2, 0.25) is 5.66 Å². The molecule has 0 atom stereocenters. The van der Waals surface area contributed by atoms with Crippen LogP contribution in [0.5, 0.6) is 0 Å². The lowest BCUT2D eigenvalue weighted by Gasteiger charge is -2.20. The molecule has 0 amide bonds. The van der Waals surface area contributed by atoms with Crippen molar-refractivity contribution in [2.24, 2.45) is 9.98 Å². The van der Waals surface area contributed by atoms with E-state index < -0.39 is 11.8 Å². The predicted octanol–water partition coefficient (Wildman–Crippen LogP) is 6.49. The summed E-state index contributed by atoms with van der Waals surface area (Å²) in [5.74, 6) is 0. The van der Waals surface area contributed by atoms with Gasteiger partial charge < -0.3 is 10.2 Å². The third-order valence-corrected chi connectivity index (χ3v) is 8.11. The van der Waals surface area contributed by atoms with Gasteiger partial charge in [0.1, 0.15) is 10.7 Å². The summed E-state index contributed by atoms with van der Waals surface area (Å²) in [6.45, 7) is 1.47. The second-order valence-electron chi connectivity index (χ2n) is 9.21. The van der Waals surface area contributed by atoms with Crippen LogP contribution in [0.15, 0.2) is 18.9 Å². The molecule has 0 spiro atoms. The third-order valence-electron chi connectivity index (χ3n) is 6.40. The van der Waals surface area contributed by atoms with Crippen LogP contribution in [0.1, 0.15) is 95.1 Å². The molecular weight excluding hydrogens is 577 g/mol. The summed E-state index contributed by atoms with van der Waals surface area (Å²) in [4.78, 5) is 8.04. The van der Waals surface area contributed by atoms with E-state index in [1.165, 1.54) is 0 Å². The summed E-state index contributed by atoms with van der Waals surface area (Å²) in [6, 6.07) is 0. The molecule has 9 heteroatoms. The maximum Gasteiger partial charge on any atom is 0.433 e. The monoisotopic (exact) mass is 612 g/mol. The van der Waals surface area contributed by atoms with Crippen LogP contribution in [0.3, 0.4) is 0 Å². The normalized spacial score (nSPS) is 14.7. The molecule has 34 heavy (non-hydrogen) atoms. The number of unbranched alkanes of at least 4 members (excludes halogenated alkanes) is 10. The second-order valence-corrected chi connectivity index (χ2v) is 10.8. The van der Waals surface area contributed by atoms with E-state index in [4.69, 9.17) is 10.2 Å². The van der Waals surface area contributed by atoms with Crippen molar-refractivity contribution in [3.05, 3.63) is 30.8 Å². The van der Waals surface area contributed by atoms with E-state index >= 15 is 0 Å². The zero-order valence-electron chi connectivity index (χ0n) is 20.0. The highest BCUT2D eigenvalue weighted by atomic mass is 79.9. The summed E-state index contributed by atoms with van der Waals surface area (Å²) in [6.07, 6.45) is 8.99. The van der Waals surface area contributed by atoms with E-state index in [0.717, 1.165) is 108 Å². The number of nitrogens with zero attached hydrogens (tertiary/aromatic N) is 2. The van der Waals surface area contributed by atoms with Crippen LogP contribution < -0.4 is 10.7 Å². The zero-order valence-corrected chi connectivity index (χ0v) is 23.2. The number of halogens is 5. The molecule has 1 aliphatic heterocycles. The Morgan fingerprint density at radius 2 is 0.971 bits per heavy atom. The minimum atomic E-state index is -4.56. The highest BCUT2D eigenvalue weighted by molar-refractivity contribution is 9.11. The van der Waals surface area contributed by atoms with Gasteiger partial charge in [-0.3, -0.25) is 0 Å². The number of alkyl halides is 3. The van der Waals surface area contributed by atoms with Gasteiger partial charge in [-0.1, -0.05) is 51.4 Å². The van der Waals surface area contributed by atoms with Gasteiger partial charge in [0.05, 0.1) is 0 Å². The van der Waals surface area contributed by atoms with Crippen molar-refractivity contribution in [1.29, 1.82) is 0 Å². The molecule has 4 nitrogen and oxygen atoms in total. The van der Waals surface area contributed by atoms with E-state index in [0.29, 0.717) is 8.95 Å². The van der Waals surface area contributed by atoms with Crippen LogP contribution in [0.25, 0.3) is 0 Å². The third kappa shape index (κ3) is 8.00. The predicted molar refractivity (Wildman–Crippen MR) is 136 cm³/mol. The van der Waals surface area contributed by atoms with E-state index in [-0.39, 0.29) is 23.9 Å². The Morgan fingerprint density at radius 3 is 1.29 bits per heavy atom. The van der Waals surface area contributed by atoms with E-state index in [1.807, 2.05) is 0 Å². The van der Waals surface area contributed by atoms with Crippen LogP contribution in [-0.2, 0) is 12.8 Å². The van der Waals surface area contributed by atoms with Crippen molar-refractivity contribution in [2.75, 3.05) is 13.2 Å². The highest BCUT2D eigenvalue weighted by Gasteiger charge is 2.53. The SMILES string of the molecule is CC1(C(F)(F)F)N=c2c(Br)c(CCCCCCCCO)c(CCCCCCCCO)c(Br)c2=N1. The summed E-state index contributed by atoms with van der Waals surface area (Å²) in [5.41, 5.74) is -0.395. The minimum absolute atomic E-state index is 0.228. The first-order valence-electron chi connectivity index (χ1n) is 12.4. The smallest absolute Gasteiger partial charge is 0.396 e. The van der Waals surface area contributed by atoms with Crippen LogP contribution in [0, 0.1) is 0 Å². The lowest BCUT2D eigenvalue weighted by atomic mass is 9.95. The molecule has 0 fully saturated rings. The lowest BCUT2D eigenvalue weighted by Crippen LogP contribution is -2.37. The maximum atomic E-state index is 13.7. The van der Waals surface area contributed by atoms with Gasteiger partial charge in [-0.15, -0.1) is 0 Å². The van der Waals surface area contributed by atoms with Crippen molar-refractivity contribution in [3.8, 4) is 0 Å². The Morgan fingerprint density at radius 1 is 0.647 bits per heavy atom. The maximum absolute atomic E-state index is 13.7. The largest absolute Gasteiger partial charge is 0.433 e. The fourth-order valence-electron chi connectivity index (χ4n) is 4.31. The molecule has 0 bridgehead atoms. The number of aliphatic hydroxyl groups is 2. The van der Waals surface area contributed by atoms with Crippen molar-refractivity contribution in [2.45, 2.75) is 109 Å². The molecule has 0 aromatic heterocycles. The Hall–Kier alpha value is -0.510. The van der Waals surface area contributed by atoms with Crippen molar-refractivity contribution < 1.29 is 23.4 Å². The molecule has 0 saturated carbocycles. The Kier molecular flexibility index (Phi) is 12.5. The molecule has 1 aromatic carbocycles. The number of fused-ring (bicyclic) bond motifs is 1. The van der Waals surface area contributed by atoms with Gasteiger partial charge in [-0.2, -0.15) is 13.2 Å². The molecule has 0 saturated heterocycles. The molecule has 1 aliphatic rings. The van der Waals surface area contributed by atoms with Gasteiger partial charge in [-0.05, 0) is 88.4 Å². The van der Waals surface area contributed by atoms with Crippen LogP contribution in [0.2, 0.25) is 0 Å². The summed E-state index contributed by atoms with van der Waals surface area (Å²) in [5, 5.41) is 18.4. The summed E-state index contributed by atoms with van der Waals surface area (Å²) >= 11 is 7.19. The first-order chi connectivity index (χ1) is 16.2. The first-order valence-corrected chi connectivity index (χ1v) is 14.0. The van der Waals surface area contributed by atoms with E-state index in [2.05, 4.69) is 41.8 Å². The van der Waals surface area contributed by atoms with Crippen molar-refractivity contribution in [1.82, 2.24) is 0 Å². The van der Waals surface area contributed by atoms with Gasteiger partial charge in [0, 0.05) is 22.2 Å². The number of hydrogen-bond donors (Lipinski definition) is 2. The van der Waals surface area contributed by atoms with Crippen molar-refractivity contribution >= 4 is 31.9 Å². The van der Waals surface area contributed by atoms with Gasteiger partial charge >= 0.3 is 6.18 Å². The van der Waals surface area contributed by atoms with Gasteiger partial charge in [-0.25, -0.2) is 9.98 Å². The Bertz CT molecular complexity index is 844. The molecule has 0 unspecified atom stereocenters. The zero-order chi connectivity index (χ0) is 25.2. The molecular formula is C25H37Br2F3N2O2. The van der Waals surface area contributed by atoms with Crippen molar-refractivity contribution in [3.63, 3.8) is 0 Å². The van der Waals surface area contributed by atoms with Crippen LogP contribution in [-0.4, -0.2) is 35.3 Å². The van der Waals surface area contributed by atoms with E-state index in [9.17, 15) is 13.2 Å². The molecule has 1 heterocycles. The quantitative estimate of drug-likeness (QED) is 0.209. The summed E-state index contributed by atoms with van der Waals surface area (Å²) < 4.78 is 42.3. The topological polar surface area (TPSA) is 65.2 Å². The second kappa shape index (κ2) is 14.3. The van der Waals surface area contributed by atoms with E-state index in [1.54, 1.807) is 0 Å². The standard InChI is InChI=1S/C25H37Br2F3N2O2/c1-24(25(28,29)30)31-22-20(26)18(14-10-6-2-4-8-12-16-33)19(21(27)23(22)32-24)15-11-7-3-5-9-13-17-34/h33-34H,2-17H2,1H3.